The molecule has 3 aromatic rings. The number of anilines is 2. The van der Waals surface area contributed by atoms with Gasteiger partial charge in [0.05, 0.1) is 11.4 Å². The third-order valence-corrected chi connectivity index (χ3v) is 6.15. The summed E-state index contributed by atoms with van der Waals surface area (Å²) < 4.78 is 14.4. The number of carbonyl (C=O) groups is 1. The van der Waals surface area contributed by atoms with Gasteiger partial charge in [-0.2, -0.15) is 0 Å². The number of para-hydroxylation sites is 1. The van der Waals surface area contributed by atoms with Gasteiger partial charge in [0.1, 0.15) is 5.82 Å². The largest absolute Gasteiger partial charge is 0.375 e. The van der Waals surface area contributed by atoms with Crippen LogP contribution in [-0.2, 0) is 0 Å². The Kier molecular flexibility index (Phi) is 5.98. The number of benzene rings is 2. The number of halogens is 1. The summed E-state index contributed by atoms with van der Waals surface area (Å²) in [5.74, 6) is -0.211. The fourth-order valence-electron chi connectivity index (χ4n) is 4.48. The maximum atomic E-state index is 14.4. The molecule has 0 spiro atoms. The van der Waals surface area contributed by atoms with Crippen molar-refractivity contribution in [2.24, 2.45) is 5.73 Å². The Balaban J connectivity index is 1.68. The van der Waals surface area contributed by atoms with E-state index in [0.29, 0.717) is 11.7 Å². The second kappa shape index (κ2) is 8.84. The molecule has 31 heavy (non-hydrogen) atoms. The lowest BCUT2D eigenvalue weighted by atomic mass is 9.92. The molecule has 162 valence electrons. The minimum Gasteiger partial charge on any atom is -0.375 e. The van der Waals surface area contributed by atoms with E-state index in [0.717, 1.165) is 23.9 Å². The molecule has 0 fully saturated rings. The molecule has 3 N–H and O–H groups in total. The molecule has 2 atom stereocenters. The number of hydrogen-bond acceptors (Lipinski definition) is 2. The van der Waals surface area contributed by atoms with E-state index in [2.05, 4.69) is 36.0 Å². The van der Waals surface area contributed by atoms with Crippen LogP contribution in [0, 0.1) is 5.82 Å². The van der Waals surface area contributed by atoms with E-state index in [1.54, 1.807) is 24.3 Å². The van der Waals surface area contributed by atoms with Gasteiger partial charge in [0.2, 0.25) is 0 Å². The molecule has 2 amide bonds. The van der Waals surface area contributed by atoms with Gasteiger partial charge in [-0.05, 0) is 61.9 Å². The number of primary amides is 1. The Morgan fingerprint density at radius 2 is 2.13 bits per heavy atom. The van der Waals surface area contributed by atoms with Gasteiger partial charge in [-0.25, -0.2) is 9.18 Å². The van der Waals surface area contributed by atoms with Crippen molar-refractivity contribution < 1.29 is 9.18 Å². The molecule has 0 bridgehead atoms. The number of amides is 2. The highest BCUT2D eigenvalue weighted by Crippen LogP contribution is 2.36. The molecule has 2 aromatic carbocycles. The van der Waals surface area contributed by atoms with E-state index in [9.17, 15) is 9.18 Å². The molecule has 0 aliphatic carbocycles. The molecule has 2 heterocycles. The van der Waals surface area contributed by atoms with E-state index in [4.69, 9.17) is 5.73 Å². The van der Waals surface area contributed by atoms with Crippen LogP contribution in [0.3, 0.4) is 0 Å². The monoisotopic (exact) mass is 420 g/mol. The van der Waals surface area contributed by atoms with E-state index >= 15 is 0 Å². The van der Waals surface area contributed by atoms with E-state index in [-0.39, 0.29) is 11.6 Å². The number of H-pyrrole nitrogens is 1. The number of nitrogens with one attached hydrogen (secondary N) is 1. The Hall–Kier alpha value is -3.28. The van der Waals surface area contributed by atoms with Crippen molar-refractivity contribution in [3.05, 3.63) is 72.3 Å². The topological polar surface area (TPSA) is 65.4 Å². The number of urea groups is 1. The maximum Gasteiger partial charge on any atom is 0.323 e. The summed E-state index contributed by atoms with van der Waals surface area (Å²) in [7, 11) is 0. The number of aromatic nitrogens is 1. The van der Waals surface area contributed by atoms with Gasteiger partial charge >= 0.3 is 6.03 Å². The van der Waals surface area contributed by atoms with Gasteiger partial charge in [0.15, 0.2) is 0 Å². The first-order chi connectivity index (χ1) is 15.0. The molecule has 1 aliphatic heterocycles. The van der Waals surface area contributed by atoms with Crippen molar-refractivity contribution in [3.8, 4) is 0 Å². The predicted molar refractivity (Wildman–Crippen MR) is 124 cm³/mol. The number of hydrogen-bond donors (Lipinski definition) is 2. The smallest absolute Gasteiger partial charge is 0.323 e. The number of rotatable bonds is 6. The third-order valence-electron chi connectivity index (χ3n) is 6.15. The predicted octanol–water partition coefficient (Wildman–Crippen LogP) is 6.02. The first-order valence-corrected chi connectivity index (χ1v) is 10.9. The molecule has 1 aromatic heterocycles. The van der Waals surface area contributed by atoms with Crippen LogP contribution in [0.4, 0.5) is 20.6 Å². The van der Waals surface area contributed by atoms with Crippen LogP contribution in [-0.4, -0.2) is 28.5 Å². The molecule has 2 unspecified atom stereocenters. The van der Waals surface area contributed by atoms with Crippen LogP contribution in [0.15, 0.2) is 60.9 Å². The fraction of sp³-hybridized carbons (Fsp3) is 0.320. The summed E-state index contributed by atoms with van der Waals surface area (Å²) in [5.41, 5.74) is 8.48. The van der Waals surface area contributed by atoms with Crippen molar-refractivity contribution in [1.82, 2.24) is 9.88 Å². The van der Waals surface area contributed by atoms with E-state index in [1.807, 2.05) is 18.3 Å². The van der Waals surface area contributed by atoms with Crippen LogP contribution >= 0.6 is 0 Å². The Labute approximate surface area is 182 Å². The molecule has 0 saturated heterocycles. The summed E-state index contributed by atoms with van der Waals surface area (Å²) in [6.07, 6.45) is 9.89. The first kappa shape index (κ1) is 21.0. The van der Waals surface area contributed by atoms with Crippen LogP contribution in [0.1, 0.15) is 44.6 Å². The average molecular weight is 421 g/mol. The SMILES string of the molecule is CCCC(C)N1C=CC(c2c[nH]c3ccc(N(C(N)=O)c4ccccc4F)cc23)CC1. The van der Waals surface area contributed by atoms with Gasteiger partial charge in [-0.15, -0.1) is 0 Å². The minimum absolute atomic E-state index is 0.143. The van der Waals surface area contributed by atoms with Crippen molar-refractivity contribution in [1.29, 1.82) is 0 Å². The number of nitrogens with zero attached hydrogens (tertiary/aromatic N) is 2. The standard InChI is InChI=1S/C25H29FN4O/c1-3-6-17(2)29-13-11-18(12-14-29)21-16-28-23-10-9-19(15-20(21)23)30(25(27)31)24-8-5-4-7-22(24)26/h4-5,7-11,13,15-18,28H,3,6,12,14H2,1-2H3,(H2,27,31). The number of nitrogens with two attached hydrogens (primary N) is 1. The summed E-state index contributed by atoms with van der Waals surface area (Å²) in [4.78, 5) is 19.2. The lowest BCUT2D eigenvalue weighted by molar-refractivity contribution is 0.256. The Bertz CT molecular complexity index is 1110. The maximum absolute atomic E-state index is 14.4. The van der Waals surface area contributed by atoms with Crippen LogP contribution in [0.25, 0.3) is 10.9 Å². The van der Waals surface area contributed by atoms with Crippen LogP contribution < -0.4 is 10.6 Å². The minimum atomic E-state index is -0.723. The van der Waals surface area contributed by atoms with Gasteiger partial charge in [-0.1, -0.05) is 31.6 Å². The molecular weight excluding hydrogens is 391 g/mol. The molecule has 0 radical (unpaired) electrons. The summed E-state index contributed by atoms with van der Waals surface area (Å²) in [5, 5.41) is 1.02. The van der Waals surface area contributed by atoms with Crippen LogP contribution in [0.5, 0.6) is 0 Å². The average Bonchev–Trinajstić information content (AvgIpc) is 3.19. The van der Waals surface area contributed by atoms with Gasteiger partial charge in [-0.3, -0.25) is 4.90 Å². The molecule has 5 nitrogen and oxygen atoms in total. The summed E-state index contributed by atoms with van der Waals surface area (Å²) in [6.45, 7) is 5.50. The molecular formula is C25H29FN4O. The highest BCUT2D eigenvalue weighted by Gasteiger charge is 2.23. The third kappa shape index (κ3) is 4.15. The molecule has 0 saturated carbocycles. The van der Waals surface area contributed by atoms with E-state index in [1.165, 1.54) is 29.4 Å². The zero-order valence-corrected chi connectivity index (χ0v) is 18.0. The zero-order valence-electron chi connectivity index (χ0n) is 18.0. The highest BCUT2D eigenvalue weighted by atomic mass is 19.1. The fourth-order valence-corrected chi connectivity index (χ4v) is 4.48. The highest BCUT2D eigenvalue weighted by molar-refractivity contribution is 6.01. The first-order valence-electron chi connectivity index (χ1n) is 10.9. The molecule has 6 heteroatoms. The Morgan fingerprint density at radius 3 is 2.81 bits per heavy atom. The molecule has 4 rings (SSSR count). The number of allylic oxidation sites excluding steroid dienone is 1. The van der Waals surface area contributed by atoms with Crippen molar-refractivity contribution in [2.45, 2.75) is 45.1 Å². The van der Waals surface area contributed by atoms with Gasteiger partial charge in [0.25, 0.3) is 0 Å². The summed E-state index contributed by atoms with van der Waals surface area (Å²) >= 11 is 0. The quantitative estimate of drug-likeness (QED) is 0.512. The second-order valence-electron chi connectivity index (χ2n) is 8.21. The number of aromatic amines is 1. The van der Waals surface area contributed by atoms with Crippen LogP contribution in [0.2, 0.25) is 0 Å². The summed E-state index contributed by atoms with van der Waals surface area (Å²) in [6, 6.07) is 11.6. The molecule has 1 aliphatic rings. The van der Waals surface area contributed by atoms with Gasteiger partial charge in [0, 0.05) is 35.6 Å². The number of carbonyl (C=O) groups excluding carboxylic acids is 1. The van der Waals surface area contributed by atoms with Crippen molar-refractivity contribution in [2.75, 3.05) is 11.4 Å². The van der Waals surface area contributed by atoms with Crippen molar-refractivity contribution >= 4 is 28.3 Å². The van der Waals surface area contributed by atoms with Gasteiger partial charge < -0.3 is 15.6 Å². The normalized spacial score (nSPS) is 17.1. The van der Waals surface area contributed by atoms with Crippen molar-refractivity contribution in [3.63, 3.8) is 0 Å². The lowest BCUT2D eigenvalue weighted by Gasteiger charge is -2.33. The number of fused-ring (bicyclic) bond motifs is 1. The van der Waals surface area contributed by atoms with E-state index < -0.39 is 11.8 Å². The lowest BCUT2D eigenvalue weighted by Crippen LogP contribution is -2.32. The Morgan fingerprint density at radius 1 is 1.32 bits per heavy atom. The zero-order chi connectivity index (χ0) is 22.0. The second-order valence-corrected chi connectivity index (χ2v) is 8.21.